The first-order valence-corrected chi connectivity index (χ1v) is 4.45. The molecule has 0 aromatic heterocycles. The van der Waals surface area contributed by atoms with Gasteiger partial charge in [0.15, 0.2) is 10.7 Å². The van der Waals surface area contributed by atoms with Crippen molar-refractivity contribution in [2.45, 2.75) is 0 Å². The van der Waals surface area contributed by atoms with E-state index in [1.165, 1.54) is 0 Å². The van der Waals surface area contributed by atoms with Crippen LogP contribution in [0.25, 0.3) is 0 Å². The summed E-state index contributed by atoms with van der Waals surface area (Å²) in [6.07, 6.45) is 1.37. The van der Waals surface area contributed by atoms with Gasteiger partial charge in [0.1, 0.15) is 0 Å². The van der Waals surface area contributed by atoms with E-state index < -0.39 is 32.3 Å². The summed E-state index contributed by atoms with van der Waals surface area (Å²) in [5, 5.41) is 8.86. The van der Waals surface area contributed by atoms with Crippen molar-refractivity contribution in [2.75, 3.05) is 0 Å². The molecule has 0 heterocycles. The molecule has 1 aliphatic carbocycles. The van der Waals surface area contributed by atoms with E-state index in [-0.39, 0.29) is 0 Å². The molecule has 1 aliphatic rings. The molecule has 0 saturated heterocycles. The van der Waals surface area contributed by atoms with Crippen LogP contribution in [0.1, 0.15) is 0 Å². The van der Waals surface area contributed by atoms with Crippen molar-refractivity contribution in [3.8, 4) is 0 Å². The quantitative estimate of drug-likeness (QED) is 0.434. The number of aliphatic hydroxyl groups is 1. The minimum atomic E-state index is -4.85. The third kappa shape index (κ3) is 1.65. The lowest BCUT2D eigenvalue weighted by molar-refractivity contribution is -0.116. The SMILES string of the molecule is O=C1C=CC(=O)C(S(=O)(=O)O)=C1O. The summed E-state index contributed by atoms with van der Waals surface area (Å²) in [4.78, 5) is 20.2. The average molecular weight is 204 g/mol. The first kappa shape index (κ1) is 9.62. The molecule has 1 rings (SSSR count). The molecule has 0 atom stereocenters. The van der Waals surface area contributed by atoms with Gasteiger partial charge in [0.05, 0.1) is 0 Å². The van der Waals surface area contributed by atoms with Crippen molar-refractivity contribution in [3.05, 3.63) is 22.8 Å². The molecule has 0 aromatic rings. The molecule has 0 spiro atoms. The molecule has 0 aromatic carbocycles. The van der Waals surface area contributed by atoms with Crippen LogP contribution in [0, 0.1) is 0 Å². The lowest BCUT2D eigenvalue weighted by Gasteiger charge is -2.05. The average Bonchev–Trinajstić information content (AvgIpc) is 1.95. The molecule has 0 amide bonds. The highest BCUT2D eigenvalue weighted by Gasteiger charge is 2.31. The molecule has 0 radical (unpaired) electrons. The molecule has 0 saturated carbocycles. The zero-order valence-electron chi connectivity index (χ0n) is 6.09. The number of carbonyl (C=O) groups is 2. The zero-order valence-corrected chi connectivity index (χ0v) is 6.91. The molecule has 2 N–H and O–H groups in total. The summed E-state index contributed by atoms with van der Waals surface area (Å²) in [6, 6.07) is 0. The lowest BCUT2D eigenvalue weighted by Crippen LogP contribution is -2.20. The van der Waals surface area contributed by atoms with Crippen LogP contribution in [-0.2, 0) is 19.7 Å². The van der Waals surface area contributed by atoms with Crippen molar-refractivity contribution >= 4 is 21.7 Å². The van der Waals surface area contributed by atoms with Crippen molar-refractivity contribution < 1.29 is 27.7 Å². The first-order valence-electron chi connectivity index (χ1n) is 3.01. The van der Waals surface area contributed by atoms with Crippen LogP contribution < -0.4 is 0 Å². The van der Waals surface area contributed by atoms with E-state index in [2.05, 4.69) is 0 Å². The minimum Gasteiger partial charge on any atom is -0.503 e. The standard InChI is InChI=1S/C6H4O6S/c7-3-1-2-4(8)6(5(3)9)13(10,11)12/h1-2,9H,(H,10,11,12). The normalized spacial score (nSPS) is 18.2. The maximum absolute atomic E-state index is 10.8. The Hall–Kier alpha value is -1.47. The fourth-order valence-electron chi connectivity index (χ4n) is 0.784. The van der Waals surface area contributed by atoms with Crippen molar-refractivity contribution in [3.63, 3.8) is 0 Å². The van der Waals surface area contributed by atoms with Crippen LogP contribution in [0.15, 0.2) is 22.8 Å². The summed E-state index contributed by atoms with van der Waals surface area (Å²) >= 11 is 0. The predicted molar refractivity (Wildman–Crippen MR) is 40.4 cm³/mol. The van der Waals surface area contributed by atoms with Crippen LogP contribution in [0.2, 0.25) is 0 Å². The Labute approximate surface area is 72.9 Å². The summed E-state index contributed by atoms with van der Waals surface area (Å²) in [7, 11) is -4.85. The number of aliphatic hydroxyl groups excluding tert-OH is 1. The summed E-state index contributed by atoms with van der Waals surface area (Å²) in [6.45, 7) is 0. The fraction of sp³-hybridized carbons (Fsp3) is 0. The number of carbonyl (C=O) groups excluding carboxylic acids is 2. The second-order valence-electron chi connectivity index (χ2n) is 2.21. The molecule has 6 nitrogen and oxygen atoms in total. The van der Waals surface area contributed by atoms with E-state index in [9.17, 15) is 18.0 Å². The van der Waals surface area contributed by atoms with Crippen LogP contribution in [0.3, 0.4) is 0 Å². The third-order valence-corrected chi connectivity index (χ3v) is 2.23. The Morgan fingerprint density at radius 1 is 1.08 bits per heavy atom. The van der Waals surface area contributed by atoms with E-state index in [1.54, 1.807) is 0 Å². The van der Waals surface area contributed by atoms with Gasteiger partial charge in [-0.15, -0.1) is 0 Å². The highest BCUT2D eigenvalue weighted by molar-refractivity contribution is 7.91. The third-order valence-electron chi connectivity index (χ3n) is 1.32. The van der Waals surface area contributed by atoms with Gasteiger partial charge in [-0.3, -0.25) is 14.1 Å². The zero-order chi connectivity index (χ0) is 10.2. The van der Waals surface area contributed by atoms with Crippen molar-refractivity contribution in [1.29, 1.82) is 0 Å². The molecule has 0 unspecified atom stereocenters. The van der Waals surface area contributed by atoms with Gasteiger partial charge in [0.25, 0.3) is 0 Å². The predicted octanol–water partition coefficient (Wildman–Crippen LogP) is -0.648. The number of hydrogen-bond donors (Lipinski definition) is 2. The number of hydrogen-bond acceptors (Lipinski definition) is 5. The maximum atomic E-state index is 10.8. The Bertz CT molecular complexity index is 438. The van der Waals surface area contributed by atoms with Gasteiger partial charge in [0.2, 0.25) is 11.6 Å². The molecule has 0 bridgehead atoms. The molecule has 70 valence electrons. The number of rotatable bonds is 1. The minimum absolute atomic E-state index is 0.658. The topological polar surface area (TPSA) is 109 Å². The first-order chi connectivity index (χ1) is 5.84. The van der Waals surface area contributed by atoms with Gasteiger partial charge >= 0.3 is 10.1 Å². The molecule has 0 aliphatic heterocycles. The summed E-state index contributed by atoms with van der Waals surface area (Å²) in [5.74, 6) is -3.41. The molecule has 13 heavy (non-hydrogen) atoms. The van der Waals surface area contributed by atoms with E-state index in [1.807, 2.05) is 0 Å². The van der Waals surface area contributed by atoms with Crippen molar-refractivity contribution in [2.24, 2.45) is 0 Å². The van der Waals surface area contributed by atoms with Gasteiger partial charge in [0, 0.05) is 0 Å². The summed E-state index contributed by atoms with van der Waals surface area (Å²) in [5.41, 5.74) is 0. The van der Waals surface area contributed by atoms with E-state index in [0.717, 1.165) is 0 Å². The van der Waals surface area contributed by atoms with Crippen LogP contribution in [0.5, 0.6) is 0 Å². The highest BCUT2D eigenvalue weighted by atomic mass is 32.2. The van der Waals surface area contributed by atoms with Gasteiger partial charge < -0.3 is 5.11 Å². The van der Waals surface area contributed by atoms with Crippen LogP contribution in [-0.4, -0.2) is 29.6 Å². The number of ketones is 2. The largest absolute Gasteiger partial charge is 0.503 e. The second kappa shape index (κ2) is 2.79. The second-order valence-corrected chi connectivity index (χ2v) is 3.57. The highest BCUT2D eigenvalue weighted by Crippen LogP contribution is 2.16. The Kier molecular flexibility index (Phi) is 2.06. The molecule has 7 heteroatoms. The Morgan fingerprint density at radius 2 is 1.54 bits per heavy atom. The molecular weight excluding hydrogens is 200 g/mol. The monoisotopic (exact) mass is 204 g/mol. The van der Waals surface area contributed by atoms with E-state index in [0.29, 0.717) is 12.2 Å². The maximum Gasteiger partial charge on any atom is 0.302 e. The van der Waals surface area contributed by atoms with Crippen molar-refractivity contribution in [1.82, 2.24) is 0 Å². The van der Waals surface area contributed by atoms with Crippen LogP contribution >= 0.6 is 0 Å². The van der Waals surface area contributed by atoms with Gasteiger partial charge in [-0.1, -0.05) is 0 Å². The smallest absolute Gasteiger partial charge is 0.302 e. The van der Waals surface area contributed by atoms with Crippen LogP contribution in [0.4, 0.5) is 0 Å². The Morgan fingerprint density at radius 3 is 1.92 bits per heavy atom. The van der Waals surface area contributed by atoms with Gasteiger partial charge in [-0.25, -0.2) is 0 Å². The number of allylic oxidation sites excluding steroid dienone is 3. The molecular formula is C6H4O6S. The fourth-order valence-corrected chi connectivity index (χ4v) is 1.45. The lowest BCUT2D eigenvalue weighted by atomic mass is 10.1. The van der Waals surface area contributed by atoms with E-state index in [4.69, 9.17) is 9.66 Å². The van der Waals surface area contributed by atoms with Gasteiger partial charge in [-0.2, -0.15) is 8.42 Å². The Balaban J connectivity index is 3.43. The van der Waals surface area contributed by atoms with Gasteiger partial charge in [-0.05, 0) is 12.2 Å². The molecule has 0 fully saturated rings. The van der Waals surface area contributed by atoms with E-state index >= 15 is 0 Å². The summed E-state index contributed by atoms with van der Waals surface area (Å²) < 4.78 is 29.4.